The van der Waals surface area contributed by atoms with Gasteiger partial charge in [-0.2, -0.15) is 0 Å². The fourth-order valence-electron chi connectivity index (χ4n) is 1.56. The molecule has 0 amide bonds. The van der Waals surface area contributed by atoms with E-state index in [4.69, 9.17) is 4.74 Å². The van der Waals surface area contributed by atoms with E-state index in [0.29, 0.717) is 13.0 Å². The second-order valence-electron chi connectivity index (χ2n) is 3.69. The number of hydrogen-bond acceptors (Lipinski definition) is 2. The van der Waals surface area contributed by atoms with Crippen molar-refractivity contribution < 1.29 is 13.9 Å². The highest BCUT2D eigenvalue weighted by atomic mass is 19.1. The molecule has 1 unspecified atom stereocenters. The standard InChI is InChI=1S/C13H17FO2/c1-3-11(13(15)16-4-2)9-10-5-7-12(14)8-6-10/h5-8,11H,3-4,9H2,1-2H3. The lowest BCUT2D eigenvalue weighted by Crippen LogP contribution is -2.19. The zero-order chi connectivity index (χ0) is 12.0. The van der Waals surface area contributed by atoms with Gasteiger partial charge in [0.25, 0.3) is 0 Å². The first kappa shape index (κ1) is 12.7. The number of ether oxygens (including phenoxy) is 1. The molecule has 0 aliphatic carbocycles. The van der Waals surface area contributed by atoms with Gasteiger partial charge >= 0.3 is 5.97 Å². The van der Waals surface area contributed by atoms with Gasteiger partial charge in [0.2, 0.25) is 0 Å². The number of esters is 1. The Labute approximate surface area is 95.4 Å². The largest absolute Gasteiger partial charge is 0.466 e. The second kappa shape index (κ2) is 6.26. The molecule has 0 spiro atoms. The average Bonchev–Trinajstić information content (AvgIpc) is 2.28. The van der Waals surface area contributed by atoms with Crippen molar-refractivity contribution >= 4 is 5.97 Å². The van der Waals surface area contributed by atoms with Crippen LogP contribution in [-0.2, 0) is 16.0 Å². The number of benzene rings is 1. The molecule has 0 heterocycles. The third kappa shape index (κ3) is 3.65. The molecule has 88 valence electrons. The molecular weight excluding hydrogens is 207 g/mol. The van der Waals surface area contributed by atoms with Gasteiger partial charge in [0.05, 0.1) is 12.5 Å². The maximum absolute atomic E-state index is 12.7. The van der Waals surface area contributed by atoms with Gasteiger partial charge in [0.1, 0.15) is 5.82 Å². The van der Waals surface area contributed by atoms with E-state index in [1.165, 1.54) is 12.1 Å². The van der Waals surface area contributed by atoms with E-state index < -0.39 is 0 Å². The number of halogens is 1. The van der Waals surface area contributed by atoms with Gasteiger partial charge in [-0.25, -0.2) is 4.39 Å². The van der Waals surface area contributed by atoms with Gasteiger partial charge in [0, 0.05) is 0 Å². The topological polar surface area (TPSA) is 26.3 Å². The summed E-state index contributed by atoms with van der Waals surface area (Å²) in [7, 11) is 0. The highest BCUT2D eigenvalue weighted by molar-refractivity contribution is 5.72. The Hall–Kier alpha value is -1.38. The predicted molar refractivity (Wildman–Crippen MR) is 60.5 cm³/mol. The van der Waals surface area contributed by atoms with E-state index >= 15 is 0 Å². The maximum atomic E-state index is 12.7. The molecular formula is C13H17FO2. The zero-order valence-corrected chi connectivity index (χ0v) is 9.70. The van der Waals surface area contributed by atoms with Crippen LogP contribution in [0.1, 0.15) is 25.8 Å². The van der Waals surface area contributed by atoms with Crippen molar-refractivity contribution in [3.8, 4) is 0 Å². The second-order valence-corrected chi connectivity index (χ2v) is 3.69. The van der Waals surface area contributed by atoms with Crippen LogP contribution in [0.5, 0.6) is 0 Å². The molecule has 0 saturated heterocycles. The Morgan fingerprint density at radius 3 is 2.44 bits per heavy atom. The summed E-state index contributed by atoms with van der Waals surface area (Å²) in [5, 5.41) is 0. The van der Waals surface area contributed by atoms with Gasteiger partial charge in [-0.15, -0.1) is 0 Å². The minimum atomic E-state index is -0.257. The van der Waals surface area contributed by atoms with Gasteiger partial charge < -0.3 is 4.74 Å². The number of hydrogen-bond donors (Lipinski definition) is 0. The normalized spacial score (nSPS) is 12.2. The Morgan fingerprint density at radius 1 is 1.31 bits per heavy atom. The van der Waals surface area contributed by atoms with Crippen molar-refractivity contribution in [2.75, 3.05) is 6.61 Å². The van der Waals surface area contributed by atoms with Crippen LogP contribution in [0.2, 0.25) is 0 Å². The molecule has 0 bridgehead atoms. The average molecular weight is 224 g/mol. The molecule has 0 aliphatic heterocycles. The van der Waals surface area contributed by atoms with Crippen molar-refractivity contribution in [1.82, 2.24) is 0 Å². The summed E-state index contributed by atoms with van der Waals surface area (Å²) in [5.41, 5.74) is 0.960. The Kier molecular flexibility index (Phi) is 4.96. The van der Waals surface area contributed by atoms with Crippen LogP contribution in [0.3, 0.4) is 0 Å². The van der Waals surface area contributed by atoms with E-state index in [1.54, 1.807) is 19.1 Å². The van der Waals surface area contributed by atoms with Gasteiger partial charge in [-0.1, -0.05) is 19.1 Å². The molecule has 1 rings (SSSR count). The monoisotopic (exact) mass is 224 g/mol. The lowest BCUT2D eigenvalue weighted by atomic mass is 9.97. The molecule has 0 aliphatic rings. The molecule has 0 aromatic heterocycles. The molecule has 16 heavy (non-hydrogen) atoms. The summed E-state index contributed by atoms with van der Waals surface area (Å²) in [6.07, 6.45) is 1.34. The minimum absolute atomic E-state index is 0.134. The summed E-state index contributed by atoms with van der Waals surface area (Å²) in [5.74, 6) is -0.562. The zero-order valence-electron chi connectivity index (χ0n) is 9.70. The van der Waals surface area contributed by atoms with E-state index in [2.05, 4.69) is 0 Å². The third-order valence-corrected chi connectivity index (χ3v) is 2.51. The highest BCUT2D eigenvalue weighted by Crippen LogP contribution is 2.14. The highest BCUT2D eigenvalue weighted by Gasteiger charge is 2.17. The van der Waals surface area contributed by atoms with Crippen LogP contribution in [0.15, 0.2) is 24.3 Å². The van der Waals surface area contributed by atoms with Crippen LogP contribution in [0.4, 0.5) is 4.39 Å². The predicted octanol–water partition coefficient (Wildman–Crippen LogP) is 2.96. The van der Waals surface area contributed by atoms with Crippen molar-refractivity contribution in [2.45, 2.75) is 26.7 Å². The van der Waals surface area contributed by atoms with Gasteiger partial charge in [-0.05, 0) is 37.5 Å². The lowest BCUT2D eigenvalue weighted by Gasteiger charge is -2.13. The smallest absolute Gasteiger partial charge is 0.309 e. The first-order chi connectivity index (χ1) is 7.67. The quantitative estimate of drug-likeness (QED) is 0.719. The fourth-order valence-corrected chi connectivity index (χ4v) is 1.56. The van der Waals surface area contributed by atoms with Gasteiger partial charge in [-0.3, -0.25) is 4.79 Å². The molecule has 1 aromatic carbocycles. The lowest BCUT2D eigenvalue weighted by molar-refractivity contribution is -0.148. The Bertz CT molecular complexity index is 332. The first-order valence-corrected chi connectivity index (χ1v) is 5.58. The number of rotatable bonds is 5. The number of carbonyl (C=O) groups excluding carboxylic acids is 1. The third-order valence-electron chi connectivity index (χ3n) is 2.51. The number of carbonyl (C=O) groups is 1. The molecule has 0 saturated carbocycles. The molecule has 1 aromatic rings. The van der Waals surface area contributed by atoms with E-state index in [9.17, 15) is 9.18 Å². The summed E-state index contributed by atoms with van der Waals surface area (Å²) in [6.45, 7) is 4.15. The molecule has 0 N–H and O–H groups in total. The molecule has 2 nitrogen and oxygen atoms in total. The van der Waals surface area contributed by atoms with E-state index in [0.717, 1.165) is 12.0 Å². The van der Waals surface area contributed by atoms with E-state index in [-0.39, 0.29) is 17.7 Å². The Morgan fingerprint density at radius 2 is 1.94 bits per heavy atom. The van der Waals surface area contributed by atoms with Crippen molar-refractivity contribution in [1.29, 1.82) is 0 Å². The minimum Gasteiger partial charge on any atom is -0.466 e. The first-order valence-electron chi connectivity index (χ1n) is 5.58. The molecule has 3 heteroatoms. The van der Waals surface area contributed by atoms with Crippen LogP contribution in [0.25, 0.3) is 0 Å². The van der Waals surface area contributed by atoms with Crippen molar-refractivity contribution in [3.63, 3.8) is 0 Å². The molecule has 1 atom stereocenters. The maximum Gasteiger partial charge on any atom is 0.309 e. The van der Waals surface area contributed by atoms with Crippen molar-refractivity contribution in [3.05, 3.63) is 35.6 Å². The molecule has 0 radical (unpaired) electrons. The van der Waals surface area contributed by atoms with Crippen LogP contribution < -0.4 is 0 Å². The van der Waals surface area contributed by atoms with Crippen LogP contribution in [0, 0.1) is 11.7 Å². The van der Waals surface area contributed by atoms with E-state index in [1.807, 2.05) is 6.92 Å². The SMILES string of the molecule is CCOC(=O)C(CC)Cc1ccc(F)cc1. The Balaban J connectivity index is 2.62. The van der Waals surface area contributed by atoms with Crippen LogP contribution >= 0.6 is 0 Å². The fraction of sp³-hybridized carbons (Fsp3) is 0.462. The van der Waals surface area contributed by atoms with Crippen molar-refractivity contribution in [2.24, 2.45) is 5.92 Å². The summed E-state index contributed by atoms with van der Waals surface area (Å²) in [4.78, 5) is 11.5. The van der Waals surface area contributed by atoms with Gasteiger partial charge in [0.15, 0.2) is 0 Å². The summed E-state index contributed by atoms with van der Waals surface area (Å²) >= 11 is 0. The molecule has 0 fully saturated rings. The summed E-state index contributed by atoms with van der Waals surface area (Å²) in [6, 6.07) is 6.23. The summed E-state index contributed by atoms with van der Waals surface area (Å²) < 4.78 is 17.7. The van der Waals surface area contributed by atoms with Crippen LogP contribution in [-0.4, -0.2) is 12.6 Å².